The zero-order chi connectivity index (χ0) is 11.1. The largest absolute Gasteiger partial charge is 0.372 e. The average molecular weight is 208 g/mol. The quantitative estimate of drug-likeness (QED) is 0.780. The van der Waals surface area contributed by atoms with Gasteiger partial charge in [0.25, 0.3) is 0 Å². The summed E-state index contributed by atoms with van der Waals surface area (Å²) in [5.74, 6) is 0. The van der Waals surface area contributed by atoms with E-state index in [9.17, 15) is 0 Å². The van der Waals surface area contributed by atoms with Crippen molar-refractivity contribution >= 4 is 0 Å². The minimum atomic E-state index is 0.311. The van der Waals surface area contributed by atoms with Gasteiger partial charge in [-0.2, -0.15) is 0 Å². The summed E-state index contributed by atoms with van der Waals surface area (Å²) in [7, 11) is 0. The van der Waals surface area contributed by atoms with E-state index in [2.05, 4.69) is 18.8 Å². The lowest BCUT2D eigenvalue weighted by atomic mass is 10.2. The highest BCUT2D eigenvalue weighted by molar-refractivity contribution is 5.13. The Morgan fingerprint density at radius 2 is 2.27 bits per heavy atom. The molecule has 0 fully saturated rings. The van der Waals surface area contributed by atoms with Gasteiger partial charge in [0, 0.05) is 12.7 Å². The van der Waals surface area contributed by atoms with Crippen LogP contribution in [-0.4, -0.2) is 11.1 Å². The topological polar surface area (TPSA) is 48.1 Å². The molecule has 0 aliphatic carbocycles. The van der Waals surface area contributed by atoms with Crippen molar-refractivity contribution in [2.75, 3.05) is 0 Å². The summed E-state index contributed by atoms with van der Waals surface area (Å²) in [5, 5.41) is 0. The van der Waals surface area contributed by atoms with E-state index in [1.807, 2.05) is 18.3 Å². The maximum absolute atomic E-state index is 5.65. The first-order chi connectivity index (χ1) is 7.26. The zero-order valence-corrected chi connectivity index (χ0v) is 9.57. The maximum Gasteiger partial charge on any atom is 0.0891 e. The SMILES string of the molecule is CCCC(C)OCc1ccc(CN)cn1. The van der Waals surface area contributed by atoms with Crippen LogP contribution < -0.4 is 5.73 Å². The molecule has 0 amide bonds. The lowest BCUT2D eigenvalue weighted by Crippen LogP contribution is -2.08. The van der Waals surface area contributed by atoms with E-state index < -0.39 is 0 Å². The Labute approximate surface area is 91.7 Å². The molecule has 1 aromatic rings. The summed E-state index contributed by atoms with van der Waals surface area (Å²) in [5.41, 5.74) is 7.51. The van der Waals surface area contributed by atoms with Gasteiger partial charge in [-0.05, 0) is 25.0 Å². The van der Waals surface area contributed by atoms with Gasteiger partial charge in [-0.3, -0.25) is 4.98 Å². The molecule has 84 valence electrons. The summed E-state index contributed by atoms with van der Waals surface area (Å²) in [6.45, 7) is 5.39. The molecule has 1 unspecified atom stereocenters. The summed E-state index contributed by atoms with van der Waals surface area (Å²) in [6, 6.07) is 3.97. The van der Waals surface area contributed by atoms with Crippen LogP contribution in [0, 0.1) is 0 Å². The minimum absolute atomic E-state index is 0.311. The molecule has 0 radical (unpaired) electrons. The summed E-state index contributed by atoms with van der Waals surface area (Å²) in [4.78, 5) is 4.28. The van der Waals surface area contributed by atoms with E-state index in [0.29, 0.717) is 19.3 Å². The lowest BCUT2D eigenvalue weighted by Gasteiger charge is -2.11. The lowest BCUT2D eigenvalue weighted by molar-refractivity contribution is 0.0452. The molecule has 3 heteroatoms. The van der Waals surface area contributed by atoms with Gasteiger partial charge in [-0.25, -0.2) is 0 Å². The van der Waals surface area contributed by atoms with Crippen molar-refractivity contribution in [2.45, 2.75) is 45.9 Å². The summed E-state index contributed by atoms with van der Waals surface area (Å²) in [6.07, 6.45) is 4.37. The van der Waals surface area contributed by atoms with Crippen molar-refractivity contribution in [1.82, 2.24) is 4.98 Å². The van der Waals surface area contributed by atoms with Gasteiger partial charge in [0.05, 0.1) is 18.4 Å². The van der Waals surface area contributed by atoms with Crippen LogP contribution in [0.15, 0.2) is 18.3 Å². The maximum atomic E-state index is 5.65. The standard InChI is InChI=1S/C12H20N2O/c1-3-4-10(2)15-9-12-6-5-11(7-13)8-14-12/h5-6,8,10H,3-4,7,9,13H2,1-2H3. The number of rotatable bonds is 6. The highest BCUT2D eigenvalue weighted by atomic mass is 16.5. The molecule has 0 aliphatic rings. The Kier molecular flexibility index (Phi) is 5.29. The number of aromatic nitrogens is 1. The summed E-state index contributed by atoms with van der Waals surface area (Å²) < 4.78 is 5.65. The van der Waals surface area contributed by atoms with Crippen molar-refractivity contribution in [3.8, 4) is 0 Å². The van der Waals surface area contributed by atoms with Gasteiger partial charge in [0.1, 0.15) is 0 Å². The molecule has 1 rings (SSSR count). The summed E-state index contributed by atoms with van der Waals surface area (Å²) >= 11 is 0. The molecule has 0 bridgehead atoms. The fourth-order valence-corrected chi connectivity index (χ4v) is 1.38. The Morgan fingerprint density at radius 3 is 2.80 bits per heavy atom. The van der Waals surface area contributed by atoms with Crippen molar-refractivity contribution in [2.24, 2.45) is 5.73 Å². The molecule has 0 aromatic carbocycles. The number of hydrogen-bond acceptors (Lipinski definition) is 3. The second-order valence-corrected chi connectivity index (χ2v) is 3.77. The zero-order valence-electron chi connectivity index (χ0n) is 9.57. The van der Waals surface area contributed by atoms with Crippen molar-refractivity contribution in [1.29, 1.82) is 0 Å². The van der Waals surface area contributed by atoms with Crippen LogP contribution in [0.25, 0.3) is 0 Å². The van der Waals surface area contributed by atoms with Crippen molar-refractivity contribution in [3.63, 3.8) is 0 Å². The van der Waals surface area contributed by atoms with Gasteiger partial charge in [-0.1, -0.05) is 19.4 Å². The third-order valence-corrected chi connectivity index (χ3v) is 2.33. The fraction of sp³-hybridized carbons (Fsp3) is 0.583. The molecule has 3 nitrogen and oxygen atoms in total. The van der Waals surface area contributed by atoms with Gasteiger partial charge >= 0.3 is 0 Å². The minimum Gasteiger partial charge on any atom is -0.372 e. The molecule has 0 aliphatic heterocycles. The van der Waals surface area contributed by atoms with E-state index in [0.717, 1.165) is 24.1 Å². The van der Waals surface area contributed by atoms with Crippen molar-refractivity contribution < 1.29 is 4.74 Å². The first-order valence-corrected chi connectivity index (χ1v) is 5.51. The fourth-order valence-electron chi connectivity index (χ4n) is 1.38. The van der Waals surface area contributed by atoms with Gasteiger partial charge < -0.3 is 10.5 Å². The molecule has 2 N–H and O–H groups in total. The third-order valence-electron chi connectivity index (χ3n) is 2.33. The Morgan fingerprint density at radius 1 is 1.47 bits per heavy atom. The number of pyridine rings is 1. The third kappa shape index (κ3) is 4.40. The number of hydrogen-bond donors (Lipinski definition) is 1. The van der Waals surface area contributed by atoms with Crippen LogP contribution in [0.4, 0.5) is 0 Å². The first-order valence-electron chi connectivity index (χ1n) is 5.51. The van der Waals surface area contributed by atoms with Gasteiger partial charge in [0.2, 0.25) is 0 Å². The van der Waals surface area contributed by atoms with Crippen LogP contribution in [-0.2, 0) is 17.9 Å². The van der Waals surface area contributed by atoms with Crippen molar-refractivity contribution in [3.05, 3.63) is 29.6 Å². The van der Waals surface area contributed by atoms with Crippen LogP contribution in [0.1, 0.15) is 37.9 Å². The first kappa shape index (κ1) is 12.1. The van der Waals surface area contributed by atoms with Crippen LogP contribution >= 0.6 is 0 Å². The van der Waals surface area contributed by atoms with E-state index in [1.165, 1.54) is 0 Å². The van der Waals surface area contributed by atoms with Gasteiger partial charge in [-0.15, -0.1) is 0 Å². The van der Waals surface area contributed by atoms with Crippen LogP contribution in [0.2, 0.25) is 0 Å². The highest BCUT2D eigenvalue weighted by Crippen LogP contribution is 2.06. The Hall–Kier alpha value is -0.930. The number of ether oxygens (including phenoxy) is 1. The van der Waals surface area contributed by atoms with E-state index in [4.69, 9.17) is 10.5 Å². The molecule has 0 saturated carbocycles. The highest BCUT2D eigenvalue weighted by Gasteiger charge is 2.01. The van der Waals surface area contributed by atoms with E-state index in [-0.39, 0.29) is 0 Å². The number of nitrogens with zero attached hydrogens (tertiary/aromatic N) is 1. The second kappa shape index (κ2) is 6.53. The molecular formula is C12H20N2O. The molecule has 1 aromatic heterocycles. The Bertz CT molecular complexity index is 271. The monoisotopic (exact) mass is 208 g/mol. The van der Waals surface area contributed by atoms with E-state index >= 15 is 0 Å². The van der Waals surface area contributed by atoms with Crippen LogP contribution in [0.3, 0.4) is 0 Å². The average Bonchev–Trinajstić information content (AvgIpc) is 2.27. The molecule has 1 heterocycles. The van der Waals surface area contributed by atoms with E-state index in [1.54, 1.807) is 0 Å². The molecule has 0 saturated heterocycles. The molecule has 1 atom stereocenters. The van der Waals surface area contributed by atoms with Crippen LogP contribution in [0.5, 0.6) is 0 Å². The normalized spacial score (nSPS) is 12.7. The second-order valence-electron chi connectivity index (χ2n) is 3.77. The predicted molar refractivity (Wildman–Crippen MR) is 61.3 cm³/mol. The molecular weight excluding hydrogens is 188 g/mol. The Balaban J connectivity index is 2.37. The smallest absolute Gasteiger partial charge is 0.0891 e. The molecule has 0 spiro atoms. The predicted octanol–water partition coefficient (Wildman–Crippen LogP) is 2.25. The van der Waals surface area contributed by atoms with Gasteiger partial charge in [0.15, 0.2) is 0 Å². The number of nitrogens with two attached hydrogens (primary N) is 1. The molecule has 15 heavy (non-hydrogen) atoms.